The Bertz CT molecular complexity index is 406. The quantitative estimate of drug-likeness (QED) is 0.725. The molecule has 0 radical (unpaired) electrons. The van der Waals surface area contributed by atoms with Crippen molar-refractivity contribution in [3.63, 3.8) is 0 Å². The van der Waals surface area contributed by atoms with E-state index in [-0.39, 0.29) is 11.8 Å². The summed E-state index contributed by atoms with van der Waals surface area (Å²) in [6.45, 7) is 4.10. The molecule has 5 nitrogen and oxygen atoms in total. The van der Waals surface area contributed by atoms with Crippen LogP contribution in [0.1, 0.15) is 20.3 Å². The summed E-state index contributed by atoms with van der Waals surface area (Å²) in [6, 6.07) is 9.01. The second-order valence-electron chi connectivity index (χ2n) is 4.23. The predicted octanol–water partition coefficient (Wildman–Crippen LogP) is 1.10. The monoisotopic (exact) mass is 264 g/mol. The van der Waals surface area contributed by atoms with Crippen molar-refractivity contribution in [3.05, 3.63) is 30.3 Å². The highest BCUT2D eigenvalue weighted by atomic mass is 16.5. The Balaban J connectivity index is 2.10. The summed E-state index contributed by atoms with van der Waals surface area (Å²) >= 11 is 0. The number of para-hydroxylation sites is 1. The van der Waals surface area contributed by atoms with Crippen molar-refractivity contribution in [3.8, 4) is 5.75 Å². The average Bonchev–Trinajstić information content (AvgIpc) is 2.38. The first-order valence-corrected chi connectivity index (χ1v) is 6.32. The Morgan fingerprint density at radius 2 is 1.95 bits per heavy atom. The van der Waals surface area contributed by atoms with Crippen molar-refractivity contribution in [2.75, 3.05) is 13.2 Å². The average molecular weight is 264 g/mol. The Kier molecular flexibility index (Phi) is 6.43. The molecule has 0 aliphatic carbocycles. The van der Waals surface area contributed by atoms with Gasteiger partial charge in [-0.15, -0.1) is 0 Å². The summed E-state index contributed by atoms with van der Waals surface area (Å²) in [5.41, 5.74) is 0. The molecule has 1 unspecified atom stereocenters. The van der Waals surface area contributed by atoms with Crippen LogP contribution in [0.4, 0.5) is 0 Å². The van der Waals surface area contributed by atoms with Gasteiger partial charge in [-0.3, -0.25) is 9.59 Å². The third-order valence-corrected chi connectivity index (χ3v) is 2.45. The van der Waals surface area contributed by atoms with Gasteiger partial charge in [-0.2, -0.15) is 0 Å². The highest BCUT2D eigenvalue weighted by Gasteiger charge is 2.12. The third kappa shape index (κ3) is 6.45. The third-order valence-electron chi connectivity index (χ3n) is 2.45. The molecule has 0 heterocycles. The minimum absolute atomic E-state index is 0.185. The lowest BCUT2D eigenvalue weighted by molar-refractivity contribution is -0.127. The zero-order valence-electron chi connectivity index (χ0n) is 11.3. The number of hydrogen-bond donors (Lipinski definition) is 2. The number of nitrogens with one attached hydrogen (secondary N) is 2. The van der Waals surface area contributed by atoms with Crippen molar-refractivity contribution in [1.29, 1.82) is 0 Å². The number of carbonyl (C=O) groups excluding carboxylic acids is 2. The number of benzene rings is 1. The van der Waals surface area contributed by atoms with Gasteiger partial charge in [-0.25, -0.2) is 0 Å². The van der Waals surface area contributed by atoms with Crippen LogP contribution in [0, 0.1) is 0 Å². The molecule has 0 bridgehead atoms. The van der Waals surface area contributed by atoms with E-state index < -0.39 is 6.04 Å². The standard InChI is InChI=1S/C14H20N2O3/c1-11(16-12(2)17)14(18)15-9-6-10-19-13-7-4-3-5-8-13/h3-5,7-8,11H,6,9-10H2,1-2H3,(H,15,18)(H,16,17). The maximum absolute atomic E-state index is 11.5. The number of ether oxygens (including phenoxy) is 1. The van der Waals surface area contributed by atoms with Gasteiger partial charge in [0.2, 0.25) is 11.8 Å². The van der Waals surface area contributed by atoms with E-state index in [2.05, 4.69) is 10.6 Å². The van der Waals surface area contributed by atoms with E-state index in [0.717, 1.165) is 5.75 Å². The van der Waals surface area contributed by atoms with E-state index in [9.17, 15) is 9.59 Å². The van der Waals surface area contributed by atoms with Crippen LogP contribution in [-0.2, 0) is 9.59 Å². The van der Waals surface area contributed by atoms with E-state index in [1.165, 1.54) is 6.92 Å². The van der Waals surface area contributed by atoms with Crippen molar-refractivity contribution in [1.82, 2.24) is 10.6 Å². The second-order valence-corrected chi connectivity index (χ2v) is 4.23. The number of hydrogen-bond acceptors (Lipinski definition) is 3. The first kappa shape index (κ1) is 15.0. The number of rotatable bonds is 7. The molecule has 5 heteroatoms. The van der Waals surface area contributed by atoms with Crippen LogP contribution in [0.2, 0.25) is 0 Å². The summed E-state index contributed by atoms with van der Waals surface area (Å²) in [6.07, 6.45) is 0.716. The normalized spacial score (nSPS) is 11.5. The van der Waals surface area contributed by atoms with Crippen LogP contribution in [-0.4, -0.2) is 31.0 Å². The van der Waals surface area contributed by atoms with Crippen LogP contribution in [0.3, 0.4) is 0 Å². The SMILES string of the molecule is CC(=O)NC(C)C(=O)NCCCOc1ccccc1. The highest BCUT2D eigenvalue weighted by molar-refractivity contribution is 5.86. The van der Waals surface area contributed by atoms with Crippen molar-refractivity contribution >= 4 is 11.8 Å². The largest absolute Gasteiger partial charge is 0.494 e. The van der Waals surface area contributed by atoms with E-state index in [1.807, 2.05) is 30.3 Å². The fourth-order valence-corrected chi connectivity index (χ4v) is 1.51. The Morgan fingerprint density at radius 3 is 2.58 bits per heavy atom. The zero-order chi connectivity index (χ0) is 14.1. The van der Waals surface area contributed by atoms with Crippen molar-refractivity contribution < 1.29 is 14.3 Å². The molecule has 0 fully saturated rings. The Morgan fingerprint density at radius 1 is 1.26 bits per heavy atom. The molecular formula is C14H20N2O3. The topological polar surface area (TPSA) is 67.4 Å². The zero-order valence-corrected chi connectivity index (χ0v) is 11.3. The molecule has 1 aromatic rings. The van der Waals surface area contributed by atoms with E-state index >= 15 is 0 Å². The van der Waals surface area contributed by atoms with E-state index in [4.69, 9.17) is 4.74 Å². The molecule has 19 heavy (non-hydrogen) atoms. The van der Waals surface area contributed by atoms with Crippen molar-refractivity contribution in [2.24, 2.45) is 0 Å². The van der Waals surface area contributed by atoms with Gasteiger partial charge in [-0.1, -0.05) is 18.2 Å². The summed E-state index contributed by atoms with van der Waals surface area (Å²) in [7, 11) is 0. The van der Waals surface area contributed by atoms with Gasteiger partial charge in [0.15, 0.2) is 0 Å². The van der Waals surface area contributed by atoms with Crippen LogP contribution in [0.15, 0.2) is 30.3 Å². The molecule has 2 N–H and O–H groups in total. The number of amides is 2. The van der Waals surface area contributed by atoms with Gasteiger partial charge >= 0.3 is 0 Å². The lowest BCUT2D eigenvalue weighted by Crippen LogP contribution is -2.44. The van der Waals surface area contributed by atoms with Gasteiger partial charge in [0.05, 0.1) is 6.61 Å². The molecule has 0 aromatic heterocycles. The molecule has 0 aliphatic heterocycles. The smallest absolute Gasteiger partial charge is 0.242 e. The Labute approximate surface area is 113 Å². The van der Waals surface area contributed by atoms with Crippen molar-refractivity contribution in [2.45, 2.75) is 26.3 Å². The van der Waals surface area contributed by atoms with Gasteiger partial charge in [-0.05, 0) is 25.5 Å². The minimum Gasteiger partial charge on any atom is -0.494 e. The fourth-order valence-electron chi connectivity index (χ4n) is 1.51. The molecule has 0 aliphatic rings. The molecule has 0 saturated carbocycles. The Hall–Kier alpha value is -2.04. The summed E-state index contributed by atoms with van der Waals surface area (Å²) < 4.78 is 5.49. The number of carbonyl (C=O) groups is 2. The van der Waals surface area contributed by atoms with E-state index in [0.29, 0.717) is 19.6 Å². The lowest BCUT2D eigenvalue weighted by atomic mass is 10.3. The first-order valence-electron chi connectivity index (χ1n) is 6.32. The van der Waals surface area contributed by atoms with Crippen LogP contribution in [0.25, 0.3) is 0 Å². The molecule has 1 rings (SSSR count). The molecule has 1 aromatic carbocycles. The summed E-state index contributed by atoms with van der Waals surface area (Å²) in [5, 5.41) is 5.27. The van der Waals surface area contributed by atoms with Gasteiger partial charge in [0, 0.05) is 13.5 Å². The van der Waals surface area contributed by atoms with Gasteiger partial charge in [0.1, 0.15) is 11.8 Å². The fraction of sp³-hybridized carbons (Fsp3) is 0.429. The molecule has 0 spiro atoms. The van der Waals surface area contributed by atoms with E-state index in [1.54, 1.807) is 6.92 Å². The van der Waals surface area contributed by atoms with Crippen LogP contribution >= 0.6 is 0 Å². The highest BCUT2D eigenvalue weighted by Crippen LogP contribution is 2.07. The molecule has 0 saturated heterocycles. The molecular weight excluding hydrogens is 244 g/mol. The maximum atomic E-state index is 11.5. The molecule has 104 valence electrons. The molecule has 1 atom stereocenters. The van der Waals surface area contributed by atoms with Gasteiger partial charge < -0.3 is 15.4 Å². The van der Waals surface area contributed by atoms with Crippen LogP contribution in [0.5, 0.6) is 5.75 Å². The summed E-state index contributed by atoms with van der Waals surface area (Å²) in [5.74, 6) is 0.422. The predicted molar refractivity (Wildman–Crippen MR) is 72.8 cm³/mol. The second kappa shape index (κ2) is 8.13. The van der Waals surface area contributed by atoms with Gasteiger partial charge in [0.25, 0.3) is 0 Å². The molecule has 2 amide bonds. The lowest BCUT2D eigenvalue weighted by Gasteiger charge is -2.12. The first-order chi connectivity index (χ1) is 9.09. The maximum Gasteiger partial charge on any atom is 0.242 e. The minimum atomic E-state index is -0.507. The van der Waals surface area contributed by atoms with Crippen LogP contribution < -0.4 is 15.4 Å². The summed E-state index contributed by atoms with van der Waals surface area (Å²) in [4.78, 5) is 22.3.